The van der Waals surface area contributed by atoms with Crippen molar-refractivity contribution in [2.24, 2.45) is 11.8 Å². The van der Waals surface area contributed by atoms with E-state index < -0.39 is 0 Å². The normalized spacial score (nSPS) is 28.9. The first-order valence-electron chi connectivity index (χ1n) is 5.89. The Morgan fingerprint density at radius 2 is 1.93 bits per heavy atom. The van der Waals surface area contributed by atoms with Gasteiger partial charge in [-0.1, -0.05) is 0 Å². The van der Waals surface area contributed by atoms with E-state index in [2.05, 4.69) is 37.8 Å². The van der Waals surface area contributed by atoms with Crippen molar-refractivity contribution < 1.29 is 0 Å². The van der Waals surface area contributed by atoms with Crippen LogP contribution in [-0.4, -0.2) is 0 Å². The highest BCUT2D eigenvalue weighted by atomic mass is 14.5. The maximum absolute atomic E-state index is 4.28. The fraction of sp³-hybridized carbons (Fsp3) is 0.400. The molecule has 0 saturated heterocycles. The third-order valence-corrected chi connectivity index (χ3v) is 4.04. The monoisotopic (exact) mass is 197 g/mol. The van der Waals surface area contributed by atoms with Gasteiger partial charge >= 0.3 is 0 Å². The molecule has 0 spiro atoms. The van der Waals surface area contributed by atoms with E-state index in [1.807, 2.05) is 0 Å². The Kier molecular flexibility index (Phi) is 1.92. The van der Waals surface area contributed by atoms with E-state index in [1.165, 1.54) is 36.0 Å². The molecule has 0 heteroatoms. The van der Waals surface area contributed by atoms with Crippen LogP contribution in [0.25, 0.3) is 0 Å². The van der Waals surface area contributed by atoms with Gasteiger partial charge in [-0.3, -0.25) is 0 Å². The van der Waals surface area contributed by atoms with Crippen LogP contribution in [0.1, 0.15) is 30.4 Å². The zero-order chi connectivity index (χ0) is 10.4. The Morgan fingerprint density at radius 3 is 2.53 bits per heavy atom. The number of allylic oxidation sites excluding steroid dienone is 1. The summed E-state index contributed by atoms with van der Waals surface area (Å²) in [6.07, 6.45) is 4.12. The quantitative estimate of drug-likeness (QED) is 0.599. The number of aryl methyl sites for hydroxylation is 1. The fourth-order valence-electron chi connectivity index (χ4n) is 3.20. The van der Waals surface area contributed by atoms with E-state index in [1.54, 1.807) is 5.92 Å². The molecule has 2 aliphatic carbocycles. The second kappa shape index (κ2) is 3.16. The lowest BCUT2D eigenvalue weighted by Gasteiger charge is -2.18. The van der Waals surface area contributed by atoms with E-state index >= 15 is 0 Å². The van der Waals surface area contributed by atoms with Crippen LogP contribution < -0.4 is 0 Å². The highest BCUT2D eigenvalue weighted by Crippen LogP contribution is 2.54. The van der Waals surface area contributed by atoms with Crippen LogP contribution in [0.5, 0.6) is 0 Å². The van der Waals surface area contributed by atoms with Gasteiger partial charge in [-0.25, -0.2) is 0 Å². The minimum Gasteiger partial charge on any atom is -0.0432 e. The van der Waals surface area contributed by atoms with Crippen LogP contribution in [0.2, 0.25) is 0 Å². The predicted octanol–water partition coefficient (Wildman–Crippen LogP) is 3.90. The SMILES string of the molecule is C=C1[C+](c2ccc(C)cc2)C2CCC1C2. The average Bonchev–Trinajstić information content (AvgIpc) is 2.80. The first-order chi connectivity index (χ1) is 7.25. The van der Waals surface area contributed by atoms with E-state index in [0.29, 0.717) is 0 Å². The van der Waals surface area contributed by atoms with Gasteiger partial charge in [0.15, 0.2) is 0 Å². The zero-order valence-corrected chi connectivity index (χ0v) is 9.29. The van der Waals surface area contributed by atoms with Crippen molar-refractivity contribution in [2.45, 2.75) is 26.2 Å². The molecule has 3 rings (SSSR count). The summed E-state index contributed by atoms with van der Waals surface area (Å²) in [5.74, 6) is 3.17. The van der Waals surface area contributed by atoms with Crippen LogP contribution in [0, 0.1) is 24.7 Å². The molecule has 0 aromatic heterocycles. The fourth-order valence-corrected chi connectivity index (χ4v) is 3.20. The second-order valence-electron chi connectivity index (χ2n) is 5.01. The second-order valence-corrected chi connectivity index (χ2v) is 5.01. The van der Waals surface area contributed by atoms with Crippen LogP contribution in [0.3, 0.4) is 0 Å². The van der Waals surface area contributed by atoms with Crippen molar-refractivity contribution in [2.75, 3.05) is 0 Å². The van der Waals surface area contributed by atoms with Crippen molar-refractivity contribution in [3.63, 3.8) is 0 Å². The summed E-state index contributed by atoms with van der Waals surface area (Å²) in [5.41, 5.74) is 4.18. The Balaban J connectivity index is 1.94. The standard InChI is InChI=1S/C15H17/c1-10-3-5-12(6-4-10)15-11(2)13-7-8-14(15)9-13/h3-6,13-14H,2,7-9H2,1H3/q+1. The topological polar surface area (TPSA) is 0 Å². The van der Waals surface area contributed by atoms with Crippen molar-refractivity contribution in [3.8, 4) is 0 Å². The smallest absolute Gasteiger partial charge is 0.0432 e. The number of benzene rings is 1. The third kappa shape index (κ3) is 1.31. The number of fused-ring (bicyclic) bond motifs is 2. The van der Waals surface area contributed by atoms with Crippen LogP contribution in [0.4, 0.5) is 0 Å². The van der Waals surface area contributed by atoms with Gasteiger partial charge in [0, 0.05) is 29.5 Å². The predicted molar refractivity (Wildman–Crippen MR) is 63.5 cm³/mol. The Morgan fingerprint density at radius 1 is 1.20 bits per heavy atom. The van der Waals surface area contributed by atoms with Gasteiger partial charge in [-0.15, -0.1) is 0 Å². The molecule has 1 aromatic carbocycles. The summed E-state index contributed by atoms with van der Waals surface area (Å²) in [6, 6.07) is 8.94. The molecule has 0 aliphatic heterocycles. The average molecular weight is 197 g/mol. The lowest BCUT2D eigenvalue weighted by molar-refractivity contribution is 0.609. The molecule has 2 saturated carbocycles. The number of rotatable bonds is 1. The minimum atomic E-state index is 0.798. The van der Waals surface area contributed by atoms with Crippen LogP contribution in [-0.2, 0) is 0 Å². The van der Waals surface area contributed by atoms with Gasteiger partial charge in [0.25, 0.3) is 0 Å². The van der Waals surface area contributed by atoms with Crippen molar-refractivity contribution in [1.82, 2.24) is 0 Å². The molecule has 2 atom stereocenters. The molecule has 2 unspecified atom stereocenters. The summed E-state index contributed by atoms with van der Waals surface area (Å²) in [5, 5.41) is 0. The summed E-state index contributed by atoms with van der Waals surface area (Å²) in [6.45, 7) is 6.42. The van der Waals surface area contributed by atoms with Gasteiger partial charge in [0.05, 0.1) is 11.5 Å². The third-order valence-electron chi connectivity index (χ3n) is 4.04. The molecular formula is C15H17+. The molecule has 0 nitrogen and oxygen atoms in total. The summed E-state index contributed by atoms with van der Waals surface area (Å²) in [4.78, 5) is 0. The highest BCUT2D eigenvalue weighted by molar-refractivity contribution is 5.49. The molecule has 2 bridgehead atoms. The van der Waals surface area contributed by atoms with E-state index in [0.717, 1.165) is 11.8 Å². The van der Waals surface area contributed by atoms with Gasteiger partial charge in [-0.05, 0) is 50.5 Å². The first kappa shape index (κ1) is 9.08. The molecule has 15 heavy (non-hydrogen) atoms. The van der Waals surface area contributed by atoms with Crippen molar-refractivity contribution >= 4 is 0 Å². The Bertz CT molecular complexity index is 385. The van der Waals surface area contributed by atoms with Crippen LogP contribution >= 0.6 is 0 Å². The molecule has 0 amide bonds. The maximum atomic E-state index is 4.28. The summed E-state index contributed by atoms with van der Waals surface area (Å²) < 4.78 is 0. The Labute approximate surface area is 92.0 Å². The minimum absolute atomic E-state index is 0.798. The van der Waals surface area contributed by atoms with Gasteiger partial charge in [0.2, 0.25) is 0 Å². The van der Waals surface area contributed by atoms with Crippen LogP contribution in [0.15, 0.2) is 36.4 Å². The molecule has 0 radical (unpaired) electrons. The molecular weight excluding hydrogens is 180 g/mol. The molecule has 2 fully saturated rings. The summed E-state index contributed by atoms with van der Waals surface area (Å²) >= 11 is 0. The summed E-state index contributed by atoms with van der Waals surface area (Å²) in [7, 11) is 0. The Hall–Kier alpha value is -1.17. The van der Waals surface area contributed by atoms with E-state index in [-0.39, 0.29) is 0 Å². The lowest BCUT2D eigenvalue weighted by Crippen LogP contribution is -2.11. The van der Waals surface area contributed by atoms with Gasteiger partial charge < -0.3 is 0 Å². The molecule has 2 aliphatic rings. The molecule has 0 heterocycles. The zero-order valence-electron chi connectivity index (χ0n) is 9.29. The molecule has 76 valence electrons. The molecule has 1 aromatic rings. The lowest BCUT2D eigenvalue weighted by atomic mass is 9.80. The van der Waals surface area contributed by atoms with E-state index in [4.69, 9.17) is 0 Å². The highest BCUT2D eigenvalue weighted by Gasteiger charge is 2.47. The van der Waals surface area contributed by atoms with Gasteiger partial charge in [-0.2, -0.15) is 0 Å². The van der Waals surface area contributed by atoms with Gasteiger partial charge in [0.1, 0.15) is 0 Å². The first-order valence-corrected chi connectivity index (χ1v) is 5.89. The van der Waals surface area contributed by atoms with E-state index in [9.17, 15) is 0 Å². The van der Waals surface area contributed by atoms with Crippen molar-refractivity contribution in [1.29, 1.82) is 0 Å². The number of hydrogen-bond donors (Lipinski definition) is 0. The molecule has 0 N–H and O–H groups in total. The van der Waals surface area contributed by atoms with Crippen molar-refractivity contribution in [3.05, 3.63) is 53.5 Å². The largest absolute Gasteiger partial charge is 0.0988 e. The number of hydrogen-bond acceptors (Lipinski definition) is 0. The maximum Gasteiger partial charge on any atom is 0.0988 e.